The lowest BCUT2D eigenvalue weighted by Crippen LogP contribution is -2.50. The summed E-state index contributed by atoms with van der Waals surface area (Å²) in [6, 6.07) is 3.73. The molecule has 6 heteroatoms. The molecule has 1 aromatic carbocycles. The highest BCUT2D eigenvalue weighted by Gasteiger charge is 2.28. The summed E-state index contributed by atoms with van der Waals surface area (Å²) in [5.41, 5.74) is 1.75. The first-order chi connectivity index (χ1) is 11.5. The summed E-state index contributed by atoms with van der Waals surface area (Å²) in [6.07, 6.45) is 1.29. The first-order valence-electron chi connectivity index (χ1n) is 8.48. The van der Waals surface area contributed by atoms with E-state index in [1.165, 1.54) is 0 Å². The molecule has 0 saturated carbocycles. The van der Waals surface area contributed by atoms with Gasteiger partial charge in [-0.25, -0.2) is 0 Å². The average Bonchev–Trinajstić information content (AvgIpc) is 3.01. The smallest absolute Gasteiger partial charge is 0.231 e. The molecule has 24 heavy (non-hydrogen) atoms. The number of aryl methyl sites for hydroxylation is 1. The van der Waals surface area contributed by atoms with Gasteiger partial charge in [-0.15, -0.1) is 0 Å². The number of anilines is 1. The molecular weight excluding hydrogens is 308 g/mol. The van der Waals surface area contributed by atoms with Crippen LogP contribution in [0, 0.1) is 6.92 Å². The molecule has 6 nitrogen and oxygen atoms in total. The number of carbonyl (C=O) groups excluding carboxylic acids is 1. The maximum Gasteiger partial charge on any atom is 0.231 e. The minimum Gasteiger partial charge on any atom is -0.454 e. The summed E-state index contributed by atoms with van der Waals surface area (Å²) in [6.45, 7) is 9.97. The molecule has 1 fully saturated rings. The lowest BCUT2D eigenvalue weighted by Gasteiger charge is -2.40. The molecule has 0 radical (unpaired) electrons. The Morgan fingerprint density at radius 1 is 1.21 bits per heavy atom. The third-order valence-electron chi connectivity index (χ3n) is 4.82. The van der Waals surface area contributed by atoms with Crippen LogP contribution in [0.1, 0.15) is 32.3 Å². The molecule has 0 aromatic heterocycles. The second-order valence-corrected chi connectivity index (χ2v) is 6.98. The number of nitrogens with one attached hydrogen (secondary N) is 1. The van der Waals surface area contributed by atoms with E-state index in [-0.39, 0.29) is 18.2 Å². The zero-order chi connectivity index (χ0) is 17.2. The van der Waals surface area contributed by atoms with Crippen molar-refractivity contribution in [1.82, 2.24) is 4.90 Å². The number of carbonyl (C=O) groups is 1. The minimum absolute atomic E-state index is 0.00888. The van der Waals surface area contributed by atoms with Crippen LogP contribution in [0.4, 0.5) is 5.69 Å². The Hall–Kier alpha value is -1.79. The second-order valence-electron chi connectivity index (χ2n) is 6.98. The van der Waals surface area contributed by atoms with E-state index in [4.69, 9.17) is 14.2 Å². The van der Waals surface area contributed by atoms with Crippen molar-refractivity contribution in [2.45, 2.75) is 39.2 Å². The van der Waals surface area contributed by atoms with E-state index in [2.05, 4.69) is 24.1 Å². The predicted molar refractivity (Wildman–Crippen MR) is 91.6 cm³/mol. The number of nitrogens with zero attached hydrogens (tertiary/aromatic N) is 1. The van der Waals surface area contributed by atoms with Crippen LogP contribution in [-0.2, 0) is 9.53 Å². The van der Waals surface area contributed by atoms with Gasteiger partial charge in [-0.2, -0.15) is 0 Å². The van der Waals surface area contributed by atoms with Crippen molar-refractivity contribution in [3.05, 3.63) is 17.7 Å². The van der Waals surface area contributed by atoms with E-state index in [0.29, 0.717) is 12.2 Å². The molecule has 1 N–H and O–H groups in total. The Morgan fingerprint density at radius 3 is 2.58 bits per heavy atom. The van der Waals surface area contributed by atoms with Crippen molar-refractivity contribution in [1.29, 1.82) is 0 Å². The Bertz CT molecular complexity index is 609. The summed E-state index contributed by atoms with van der Waals surface area (Å²) in [4.78, 5) is 14.8. The van der Waals surface area contributed by atoms with E-state index in [1.54, 1.807) is 0 Å². The van der Waals surface area contributed by atoms with Crippen molar-refractivity contribution in [2.24, 2.45) is 0 Å². The highest BCUT2D eigenvalue weighted by Crippen LogP contribution is 2.36. The quantitative estimate of drug-likeness (QED) is 0.897. The molecule has 2 heterocycles. The second kappa shape index (κ2) is 6.99. The van der Waals surface area contributed by atoms with Gasteiger partial charge >= 0.3 is 0 Å². The van der Waals surface area contributed by atoms with Crippen LogP contribution in [0.25, 0.3) is 0 Å². The first kappa shape index (κ1) is 17.0. The SMILES string of the molecule is Cc1cc2c(cc1NC(=O)CCC(C)(C)N1CCOCC1)OCO2. The summed E-state index contributed by atoms with van der Waals surface area (Å²) >= 11 is 0. The third kappa shape index (κ3) is 3.82. The van der Waals surface area contributed by atoms with Gasteiger partial charge in [0.25, 0.3) is 0 Å². The fourth-order valence-corrected chi connectivity index (χ4v) is 3.14. The first-order valence-corrected chi connectivity index (χ1v) is 8.48. The van der Waals surface area contributed by atoms with Crippen LogP contribution in [-0.4, -0.2) is 49.4 Å². The van der Waals surface area contributed by atoms with Gasteiger partial charge in [0.1, 0.15) is 0 Å². The molecule has 0 bridgehead atoms. The van der Waals surface area contributed by atoms with Crippen LogP contribution in [0.2, 0.25) is 0 Å². The average molecular weight is 334 g/mol. The molecule has 3 rings (SSSR count). The van der Waals surface area contributed by atoms with Crippen molar-refractivity contribution < 1.29 is 19.0 Å². The molecule has 0 spiro atoms. The van der Waals surface area contributed by atoms with E-state index in [9.17, 15) is 4.79 Å². The van der Waals surface area contributed by atoms with E-state index >= 15 is 0 Å². The largest absolute Gasteiger partial charge is 0.454 e. The van der Waals surface area contributed by atoms with Gasteiger partial charge in [0.15, 0.2) is 11.5 Å². The number of rotatable bonds is 5. The Morgan fingerprint density at radius 2 is 1.88 bits per heavy atom. The lowest BCUT2D eigenvalue weighted by molar-refractivity contribution is -0.117. The Labute approximate surface area is 143 Å². The minimum atomic E-state index is -0.00888. The summed E-state index contributed by atoms with van der Waals surface area (Å²) in [7, 11) is 0. The van der Waals surface area contributed by atoms with Crippen LogP contribution in [0.5, 0.6) is 11.5 Å². The molecular formula is C18H26N2O4. The number of hydrogen-bond donors (Lipinski definition) is 1. The predicted octanol–water partition coefficient (Wildman–Crippen LogP) is 2.55. The number of amides is 1. The number of morpholine rings is 1. The summed E-state index contributed by atoms with van der Waals surface area (Å²) in [5, 5.41) is 3.00. The van der Waals surface area contributed by atoms with E-state index in [0.717, 1.165) is 49.7 Å². The highest BCUT2D eigenvalue weighted by atomic mass is 16.7. The van der Waals surface area contributed by atoms with Gasteiger partial charge in [0.2, 0.25) is 12.7 Å². The number of ether oxygens (including phenoxy) is 3. The number of benzene rings is 1. The van der Waals surface area contributed by atoms with Crippen LogP contribution in [0.3, 0.4) is 0 Å². The van der Waals surface area contributed by atoms with Gasteiger partial charge < -0.3 is 19.5 Å². The van der Waals surface area contributed by atoms with Crippen molar-refractivity contribution in [3.63, 3.8) is 0 Å². The Balaban J connectivity index is 1.56. The topological polar surface area (TPSA) is 60.0 Å². The van der Waals surface area contributed by atoms with Crippen LogP contribution >= 0.6 is 0 Å². The fraction of sp³-hybridized carbons (Fsp3) is 0.611. The zero-order valence-corrected chi connectivity index (χ0v) is 14.7. The van der Waals surface area contributed by atoms with Crippen LogP contribution < -0.4 is 14.8 Å². The standard InChI is InChI=1S/C18H26N2O4/c1-13-10-15-16(24-12-23-15)11-14(13)19-17(21)4-5-18(2,3)20-6-8-22-9-7-20/h10-11H,4-9,12H2,1-3H3,(H,19,21). The normalized spacial score (nSPS) is 17.8. The molecule has 2 aliphatic rings. The summed E-state index contributed by atoms with van der Waals surface area (Å²) in [5.74, 6) is 1.45. The maximum absolute atomic E-state index is 12.4. The van der Waals surface area contributed by atoms with Crippen molar-refractivity contribution in [3.8, 4) is 11.5 Å². The molecule has 0 unspecified atom stereocenters. The summed E-state index contributed by atoms with van der Waals surface area (Å²) < 4.78 is 16.1. The molecule has 1 amide bonds. The van der Waals surface area contributed by atoms with Gasteiger partial charge in [-0.3, -0.25) is 9.69 Å². The molecule has 0 atom stereocenters. The highest BCUT2D eigenvalue weighted by molar-refractivity contribution is 5.92. The monoisotopic (exact) mass is 334 g/mol. The van der Waals surface area contributed by atoms with Gasteiger partial charge in [-0.05, 0) is 38.8 Å². The molecule has 2 aliphatic heterocycles. The fourth-order valence-electron chi connectivity index (χ4n) is 3.14. The number of fused-ring (bicyclic) bond motifs is 1. The van der Waals surface area contributed by atoms with Crippen LogP contribution in [0.15, 0.2) is 12.1 Å². The Kier molecular flexibility index (Phi) is 4.96. The molecule has 1 saturated heterocycles. The number of hydrogen-bond acceptors (Lipinski definition) is 5. The van der Waals surface area contributed by atoms with Crippen molar-refractivity contribution in [2.75, 3.05) is 38.4 Å². The van der Waals surface area contributed by atoms with Crippen molar-refractivity contribution >= 4 is 11.6 Å². The molecule has 132 valence electrons. The van der Waals surface area contributed by atoms with Gasteiger partial charge in [0.05, 0.1) is 13.2 Å². The van der Waals surface area contributed by atoms with Gasteiger partial charge in [0, 0.05) is 36.8 Å². The maximum atomic E-state index is 12.4. The van der Waals surface area contributed by atoms with Gasteiger partial charge in [-0.1, -0.05) is 0 Å². The molecule has 0 aliphatic carbocycles. The zero-order valence-electron chi connectivity index (χ0n) is 14.7. The van der Waals surface area contributed by atoms with E-state index in [1.807, 2.05) is 19.1 Å². The third-order valence-corrected chi connectivity index (χ3v) is 4.82. The van der Waals surface area contributed by atoms with E-state index < -0.39 is 0 Å². The molecule has 1 aromatic rings. The lowest BCUT2D eigenvalue weighted by atomic mass is 9.95.